The highest BCUT2D eigenvalue weighted by atomic mass is 32.3. The number of nitrogens with zero attached hydrogens (tertiary/aromatic N) is 2. The van der Waals surface area contributed by atoms with Crippen molar-refractivity contribution in [3.63, 3.8) is 0 Å². The van der Waals surface area contributed by atoms with E-state index in [2.05, 4.69) is 261 Å². The highest BCUT2D eigenvalue weighted by molar-refractivity contribution is 8.33. The van der Waals surface area contributed by atoms with Gasteiger partial charge in [-0.2, -0.15) is 10.0 Å². The fraction of sp³-hybridized carbons (Fsp3) is 0.0882. The van der Waals surface area contributed by atoms with Crippen LogP contribution in [0.4, 0.5) is 34.1 Å². The van der Waals surface area contributed by atoms with Crippen molar-refractivity contribution < 1.29 is 0 Å². The number of aryl methyl sites for hydroxylation is 3. The first-order chi connectivity index (χ1) is 35.3. The summed E-state index contributed by atoms with van der Waals surface area (Å²) in [6.45, 7) is 6.56. The maximum Gasteiger partial charge on any atom is 0.0595 e. The Bertz CT molecular complexity index is 3840. The first kappa shape index (κ1) is 44.2. The number of fused-ring (bicyclic) bond motifs is 8. The summed E-state index contributed by atoms with van der Waals surface area (Å²) in [5, 5.41) is 4.83. The first-order valence-electron chi connectivity index (χ1n) is 25.0. The maximum atomic E-state index is 5.17. The second kappa shape index (κ2) is 17.8. The van der Waals surface area contributed by atoms with Gasteiger partial charge in [0.15, 0.2) is 0 Å². The molecule has 0 unspecified atom stereocenters. The van der Waals surface area contributed by atoms with Crippen molar-refractivity contribution in [1.29, 1.82) is 0 Å². The molecule has 0 fully saturated rings. The van der Waals surface area contributed by atoms with E-state index in [1.807, 2.05) is 0 Å². The van der Waals surface area contributed by atoms with E-state index in [0.29, 0.717) is 0 Å². The van der Waals surface area contributed by atoms with Crippen LogP contribution in [0.2, 0.25) is 0 Å². The Balaban J connectivity index is 1.09. The van der Waals surface area contributed by atoms with Gasteiger partial charge in [0, 0.05) is 43.3 Å². The summed E-state index contributed by atoms with van der Waals surface area (Å²) in [6, 6.07) is 86.5. The van der Waals surface area contributed by atoms with Crippen LogP contribution >= 0.6 is 22.7 Å². The van der Waals surface area contributed by atoms with Crippen molar-refractivity contribution in [3.05, 3.63) is 269 Å². The minimum atomic E-state index is -1.39. The van der Waals surface area contributed by atoms with Gasteiger partial charge in [-0.3, -0.25) is 0 Å². The summed E-state index contributed by atoms with van der Waals surface area (Å²) < 4.78 is 0. The lowest BCUT2D eigenvalue weighted by molar-refractivity contribution is 1.12. The minimum absolute atomic E-state index is 0.805. The van der Waals surface area contributed by atoms with Gasteiger partial charge >= 0.3 is 0 Å². The number of hydrogen-bond donors (Lipinski definition) is 1. The topological polar surface area (TPSA) is 6.48 Å². The zero-order valence-electron chi connectivity index (χ0n) is 40.8. The molecule has 0 aromatic heterocycles. The van der Waals surface area contributed by atoms with Crippen LogP contribution in [0, 0.1) is 20.8 Å². The zero-order chi connectivity index (χ0) is 48.5. The molecule has 348 valence electrons. The number of thiol groups is 1. The summed E-state index contributed by atoms with van der Waals surface area (Å²) in [4.78, 5) is 8.84. The monoisotopic (exact) mass is 962 g/mol. The largest absolute Gasteiger partial charge is 0.309 e. The Morgan fingerprint density at radius 3 is 1.56 bits per heavy atom. The molecule has 2 aliphatic rings. The Morgan fingerprint density at radius 1 is 0.444 bits per heavy atom. The molecule has 0 aliphatic carbocycles. The van der Waals surface area contributed by atoms with E-state index in [1.54, 1.807) is 0 Å². The molecular formula is C68H54N2S2. The standard InChI is InChI=1S/C68H54N2S2/c1-45-28-32-48(33-29-45)67-56-38-36-54(69(61-22-10-13-25-64(61)71)60-21-9-8-18-51(60)40-50-17-5-4-16-47(50)3)41-58(56)59-42-55(37-39-57(59)68(67)49-34-30-46(2)31-35-49)70-62-23-11-14-26-65(62)72(66-27-15-12-24-63(66)70)43-52-19-6-7-20-53(52)44-72/h4-39,41-42,71H,40,43-44H2,1-3H3. The van der Waals surface area contributed by atoms with Crippen LogP contribution in [0.3, 0.4) is 0 Å². The third-order valence-electron chi connectivity index (χ3n) is 15.3. The van der Waals surface area contributed by atoms with Crippen molar-refractivity contribution in [2.75, 3.05) is 9.80 Å². The van der Waals surface area contributed by atoms with Gasteiger partial charge in [-0.05, 0) is 166 Å². The zero-order valence-corrected chi connectivity index (χ0v) is 42.5. The van der Waals surface area contributed by atoms with E-state index in [9.17, 15) is 0 Å². The van der Waals surface area contributed by atoms with Gasteiger partial charge < -0.3 is 9.80 Å². The van der Waals surface area contributed by atoms with Gasteiger partial charge in [0.1, 0.15) is 0 Å². The Hall–Kier alpha value is -7.76. The summed E-state index contributed by atoms with van der Waals surface area (Å²) in [7, 11) is -1.39. The van der Waals surface area contributed by atoms with Crippen LogP contribution in [0.1, 0.15) is 38.9 Å². The van der Waals surface area contributed by atoms with Crippen molar-refractivity contribution in [1.82, 2.24) is 0 Å². The smallest absolute Gasteiger partial charge is 0.0595 e. The van der Waals surface area contributed by atoms with E-state index >= 15 is 0 Å². The van der Waals surface area contributed by atoms with E-state index in [1.165, 1.54) is 104 Å². The van der Waals surface area contributed by atoms with Gasteiger partial charge in [-0.1, -0.05) is 175 Å². The first-order valence-corrected chi connectivity index (χ1v) is 27.5. The normalized spacial score (nSPS) is 13.8. The molecule has 72 heavy (non-hydrogen) atoms. The van der Waals surface area contributed by atoms with Crippen LogP contribution < -0.4 is 9.80 Å². The lowest BCUT2D eigenvalue weighted by Gasteiger charge is -2.47. The van der Waals surface area contributed by atoms with E-state index in [4.69, 9.17) is 12.6 Å². The third-order valence-corrected chi connectivity index (χ3v) is 19.6. The summed E-state index contributed by atoms with van der Waals surface area (Å²) in [5.41, 5.74) is 21.1. The number of benzene rings is 11. The molecule has 2 heterocycles. The molecule has 0 atom stereocenters. The van der Waals surface area contributed by atoms with Crippen molar-refractivity contribution in [2.24, 2.45) is 0 Å². The second-order valence-corrected chi connectivity index (χ2v) is 23.4. The van der Waals surface area contributed by atoms with E-state index < -0.39 is 10.0 Å². The van der Waals surface area contributed by atoms with Crippen LogP contribution in [0.5, 0.6) is 0 Å². The van der Waals surface area contributed by atoms with Crippen LogP contribution in [0.15, 0.2) is 245 Å². The molecule has 0 bridgehead atoms. The molecule has 0 amide bonds. The second-order valence-electron chi connectivity index (χ2n) is 19.7. The van der Waals surface area contributed by atoms with Crippen LogP contribution in [-0.4, -0.2) is 0 Å². The Labute approximate surface area is 430 Å². The lowest BCUT2D eigenvalue weighted by Crippen LogP contribution is -2.21. The highest BCUT2D eigenvalue weighted by Crippen LogP contribution is 2.76. The number of para-hydroxylation sites is 4. The number of anilines is 6. The number of hydrogen-bond acceptors (Lipinski definition) is 3. The fourth-order valence-electron chi connectivity index (χ4n) is 11.7. The quantitative estimate of drug-likeness (QED) is 0.120. The molecule has 0 radical (unpaired) electrons. The molecule has 0 saturated heterocycles. The Morgan fingerprint density at radius 2 is 0.944 bits per heavy atom. The van der Waals surface area contributed by atoms with E-state index in [0.717, 1.165) is 45.6 Å². The molecule has 2 nitrogen and oxygen atoms in total. The van der Waals surface area contributed by atoms with Gasteiger partial charge in [0.2, 0.25) is 0 Å². The Kier molecular flexibility index (Phi) is 10.9. The van der Waals surface area contributed by atoms with E-state index in [-0.39, 0.29) is 0 Å². The van der Waals surface area contributed by atoms with Gasteiger partial charge in [0.05, 0.1) is 17.1 Å². The summed E-state index contributed by atoms with van der Waals surface area (Å²) >= 11 is 5.17. The SMILES string of the molecule is Cc1ccc(-c2c(-c3ccc(C)cc3)c3ccc(N4c5ccccc5S5(Cc6ccccc6C5)c5ccccc54)cc3c3cc(N(c4ccccc4S)c4ccccc4Cc4ccccc4C)ccc23)cc1. The predicted octanol–water partition coefficient (Wildman–Crippen LogP) is 19.3. The van der Waals surface area contributed by atoms with Crippen molar-refractivity contribution >= 4 is 78.3 Å². The average molecular weight is 963 g/mol. The molecule has 11 aromatic rings. The highest BCUT2D eigenvalue weighted by Gasteiger charge is 2.43. The van der Waals surface area contributed by atoms with Gasteiger partial charge in [-0.25, -0.2) is 0 Å². The maximum absolute atomic E-state index is 5.17. The van der Waals surface area contributed by atoms with Crippen molar-refractivity contribution in [2.45, 2.75) is 53.4 Å². The van der Waals surface area contributed by atoms with Crippen molar-refractivity contribution in [3.8, 4) is 22.3 Å². The molecule has 1 spiro atoms. The molecule has 4 heteroatoms. The number of rotatable bonds is 8. The predicted molar refractivity (Wildman–Crippen MR) is 310 cm³/mol. The van der Waals surface area contributed by atoms with Gasteiger partial charge in [-0.15, -0.1) is 12.6 Å². The fourth-order valence-corrected chi connectivity index (χ4v) is 16.3. The average Bonchev–Trinajstić information content (AvgIpc) is 3.81. The molecule has 0 N–H and O–H groups in total. The van der Waals surface area contributed by atoms with Gasteiger partial charge in [0.25, 0.3) is 0 Å². The van der Waals surface area contributed by atoms with Crippen LogP contribution in [0.25, 0.3) is 43.8 Å². The lowest BCUT2D eigenvalue weighted by atomic mass is 9.84. The minimum Gasteiger partial charge on any atom is -0.309 e. The molecule has 13 rings (SSSR count). The molecule has 0 saturated carbocycles. The molecular weight excluding hydrogens is 909 g/mol. The third kappa shape index (κ3) is 7.35. The summed E-state index contributed by atoms with van der Waals surface area (Å²) in [5.74, 6) is 2.13. The molecule has 2 aliphatic heterocycles. The summed E-state index contributed by atoms with van der Waals surface area (Å²) in [6.07, 6.45) is 0.805. The van der Waals surface area contributed by atoms with Crippen LogP contribution in [-0.2, 0) is 17.9 Å². The molecule has 11 aromatic carbocycles.